The van der Waals surface area contributed by atoms with E-state index in [-0.39, 0.29) is 11.8 Å². The van der Waals surface area contributed by atoms with Gasteiger partial charge < -0.3 is 15.4 Å². The molecule has 0 aliphatic carbocycles. The third-order valence-corrected chi connectivity index (χ3v) is 3.50. The van der Waals surface area contributed by atoms with Crippen LogP contribution in [-0.4, -0.2) is 22.2 Å². The Hall–Kier alpha value is -3.08. The Bertz CT molecular complexity index is 893. The average Bonchev–Trinajstić information content (AvgIpc) is 2.80. The van der Waals surface area contributed by atoms with Crippen molar-refractivity contribution in [1.29, 1.82) is 0 Å². The lowest BCUT2D eigenvalue weighted by Gasteiger charge is -2.01. The summed E-state index contributed by atoms with van der Waals surface area (Å²) in [6.45, 7) is 3.47. The minimum absolute atomic E-state index is 0.101. The summed E-state index contributed by atoms with van der Waals surface area (Å²) in [5, 5.41) is 13.7. The third-order valence-electron chi connectivity index (χ3n) is 3.50. The van der Waals surface area contributed by atoms with Gasteiger partial charge >= 0.3 is 0 Å². The van der Waals surface area contributed by atoms with E-state index in [1.165, 1.54) is 6.92 Å². The van der Waals surface area contributed by atoms with Gasteiger partial charge in [-0.05, 0) is 42.8 Å². The second kappa shape index (κ2) is 5.96. The summed E-state index contributed by atoms with van der Waals surface area (Å²) in [6, 6.07) is 13.1. The molecule has 5 heteroatoms. The lowest BCUT2D eigenvalue weighted by molar-refractivity contribution is -0.114. The Kier molecular flexibility index (Phi) is 3.85. The van der Waals surface area contributed by atoms with Crippen LogP contribution in [0.3, 0.4) is 0 Å². The second-order valence-corrected chi connectivity index (χ2v) is 5.42. The van der Waals surface area contributed by atoms with Crippen molar-refractivity contribution in [1.82, 2.24) is 4.98 Å². The van der Waals surface area contributed by atoms with Crippen molar-refractivity contribution in [3.63, 3.8) is 0 Å². The molecule has 1 amide bonds. The fraction of sp³-hybridized carbons (Fsp3) is 0.111. The SMILES string of the molecule is CC(=O)Nc1ccc(N=Cc2c(O)[nH]c3cc(C)ccc23)cc1. The molecule has 0 unspecified atom stereocenters. The first-order valence-corrected chi connectivity index (χ1v) is 7.26. The lowest BCUT2D eigenvalue weighted by Crippen LogP contribution is -2.04. The zero-order valence-corrected chi connectivity index (χ0v) is 12.9. The molecule has 5 nitrogen and oxygen atoms in total. The first-order chi connectivity index (χ1) is 11.0. The van der Waals surface area contributed by atoms with Crippen LogP contribution in [0, 0.1) is 6.92 Å². The largest absolute Gasteiger partial charge is 0.494 e. The number of hydrogen-bond donors (Lipinski definition) is 3. The summed E-state index contributed by atoms with van der Waals surface area (Å²) in [4.78, 5) is 18.3. The number of H-pyrrole nitrogens is 1. The van der Waals surface area contributed by atoms with Crippen LogP contribution in [0.25, 0.3) is 10.9 Å². The van der Waals surface area contributed by atoms with Gasteiger partial charge in [0.1, 0.15) is 0 Å². The van der Waals surface area contributed by atoms with Crippen molar-refractivity contribution >= 4 is 34.4 Å². The average molecular weight is 307 g/mol. The summed E-state index contributed by atoms with van der Waals surface area (Å²) in [5.41, 5.74) is 4.12. The van der Waals surface area contributed by atoms with Crippen LogP contribution in [0.2, 0.25) is 0 Å². The number of aliphatic imine (C=N–C) groups is 1. The minimum atomic E-state index is -0.111. The van der Waals surface area contributed by atoms with Crippen LogP contribution in [0.15, 0.2) is 47.5 Å². The number of nitrogens with one attached hydrogen (secondary N) is 2. The molecule has 1 aromatic heterocycles. The standard InChI is InChI=1S/C18H17N3O2/c1-11-3-8-15-16(18(23)21-17(15)9-11)10-19-13-4-6-14(7-5-13)20-12(2)22/h3-10,21,23H,1-2H3,(H,20,22). The number of carbonyl (C=O) groups excluding carboxylic acids is 1. The zero-order valence-electron chi connectivity index (χ0n) is 12.9. The highest BCUT2D eigenvalue weighted by Crippen LogP contribution is 2.27. The van der Waals surface area contributed by atoms with E-state index in [1.54, 1.807) is 30.5 Å². The van der Waals surface area contributed by atoms with Gasteiger partial charge in [-0.3, -0.25) is 9.79 Å². The topological polar surface area (TPSA) is 77.5 Å². The minimum Gasteiger partial charge on any atom is -0.494 e. The maximum atomic E-state index is 11.0. The van der Waals surface area contributed by atoms with E-state index in [2.05, 4.69) is 15.3 Å². The van der Waals surface area contributed by atoms with Crippen molar-refractivity contribution < 1.29 is 9.90 Å². The van der Waals surface area contributed by atoms with Crippen LogP contribution in [0.5, 0.6) is 5.88 Å². The first kappa shape index (κ1) is 14.8. The maximum absolute atomic E-state index is 11.0. The number of hydrogen-bond acceptors (Lipinski definition) is 3. The predicted molar refractivity (Wildman–Crippen MR) is 92.7 cm³/mol. The van der Waals surface area contributed by atoms with Crippen molar-refractivity contribution in [3.8, 4) is 5.88 Å². The molecule has 0 atom stereocenters. The molecule has 116 valence electrons. The molecule has 0 aliphatic heterocycles. The molecule has 0 radical (unpaired) electrons. The highest BCUT2D eigenvalue weighted by molar-refractivity contribution is 6.02. The van der Waals surface area contributed by atoms with E-state index in [9.17, 15) is 9.90 Å². The molecule has 0 spiro atoms. The molecule has 3 N–H and O–H groups in total. The molecule has 1 heterocycles. The Morgan fingerprint density at radius 1 is 1.22 bits per heavy atom. The lowest BCUT2D eigenvalue weighted by atomic mass is 10.1. The number of aromatic nitrogens is 1. The highest BCUT2D eigenvalue weighted by atomic mass is 16.3. The van der Waals surface area contributed by atoms with E-state index in [1.807, 2.05) is 25.1 Å². The molecular formula is C18H17N3O2. The van der Waals surface area contributed by atoms with E-state index < -0.39 is 0 Å². The first-order valence-electron chi connectivity index (χ1n) is 7.26. The van der Waals surface area contributed by atoms with Crippen LogP contribution in [0.4, 0.5) is 11.4 Å². The van der Waals surface area contributed by atoms with Gasteiger partial charge in [-0.15, -0.1) is 0 Å². The van der Waals surface area contributed by atoms with Crippen LogP contribution < -0.4 is 5.32 Å². The molecule has 0 aliphatic rings. The highest BCUT2D eigenvalue weighted by Gasteiger charge is 2.08. The molecule has 0 saturated carbocycles. The number of carbonyl (C=O) groups is 1. The van der Waals surface area contributed by atoms with Gasteiger partial charge in [-0.2, -0.15) is 0 Å². The Morgan fingerprint density at radius 2 is 1.96 bits per heavy atom. The zero-order chi connectivity index (χ0) is 16.4. The molecule has 3 aromatic rings. The number of aromatic amines is 1. The summed E-state index contributed by atoms with van der Waals surface area (Å²) >= 11 is 0. The number of fused-ring (bicyclic) bond motifs is 1. The van der Waals surface area contributed by atoms with Gasteiger partial charge in [0, 0.05) is 29.7 Å². The van der Waals surface area contributed by atoms with Gasteiger partial charge in [-0.1, -0.05) is 12.1 Å². The second-order valence-electron chi connectivity index (χ2n) is 5.42. The van der Waals surface area contributed by atoms with E-state index >= 15 is 0 Å². The predicted octanol–water partition coefficient (Wildman–Crippen LogP) is 3.89. The fourth-order valence-corrected chi connectivity index (χ4v) is 2.42. The van der Waals surface area contributed by atoms with Crippen molar-refractivity contribution in [2.24, 2.45) is 4.99 Å². The maximum Gasteiger partial charge on any atom is 0.221 e. The summed E-state index contributed by atoms with van der Waals surface area (Å²) < 4.78 is 0. The van der Waals surface area contributed by atoms with Gasteiger partial charge in [0.05, 0.1) is 11.3 Å². The normalized spacial score (nSPS) is 11.2. The molecule has 3 rings (SSSR count). The number of aromatic hydroxyl groups is 1. The number of anilines is 1. The van der Waals surface area contributed by atoms with Crippen LogP contribution in [0.1, 0.15) is 18.1 Å². The fourth-order valence-electron chi connectivity index (χ4n) is 2.42. The molecule has 0 fully saturated rings. The molecule has 0 saturated heterocycles. The van der Waals surface area contributed by atoms with E-state index in [0.29, 0.717) is 5.56 Å². The number of rotatable bonds is 3. The van der Waals surface area contributed by atoms with Crippen molar-refractivity contribution in [3.05, 3.63) is 53.6 Å². The molecule has 0 bridgehead atoms. The van der Waals surface area contributed by atoms with Crippen LogP contribution in [-0.2, 0) is 4.79 Å². The van der Waals surface area contributed by atoms with E-state index in [4.69, 9.17) is 0 Å². The number of benzene rings is 2. The quantitative estimate of drug-likeness (QED) is 0.642. The van der Waals surface area contributed by atoms with Gasteiger partial charge in [0.15, 0.2) is 5.88 Å². The smallest absolute Gasteiger partial charge is 0.221 e. The Balaban J connectivity index is 1.88. The number of aryl methyl sites for hydroxylation is 1. The molecule has 23 heavy (non-hydrogen) atoms. The van der Waals surface area contributed by atoms with Crippen molar-refractivity contribution in [2.75, 3.05) is 5.32 Å². The number of nitrogens with zero attached hydrogens (tertiary/aromatic N) is 1. The Labute approximate surface area is 133 Å². The van der Waals surface area contributed by atoms with Gasteiger partial charge in [-0.25, -0.2) is 0 Å². The summed E-state index contributed by atoms with van der Waals surface area (Å²) in [7, 11) is 0. The van der Waals surface area contributed by atoms with Gasteiger partial charge in [0.25, 0.3) is 0 Å². The number of amides is 1. The van der Waals surface area contributed by atoms with Gasteiger partial charge in [0.2, 0.25) is 5.91 Å². The van der Waals surface area contributed by atoms with Crippen molar-refractivity contribution in [2.45, 2.75) is 13.8 Å². The third kappa shape index (κ3) is 3.23. The molecule has 2 aromatic carbocycles. The molecular weight excluding hydrogens is 290 g/mol. The summed E-state index contributed by atoms with van der Waals surface area (Å²) in [6.07, 6.45) is 1.64. The summed E-state index contributed by atoms with van der Waals surface area (Å²) in [5.74, 6) is -0.00974. The van der Waals surface area contributed by atoms with E-state index in [0.717, 1.165) is 27.8 Å². The monoisotopic (exact) mass is 307 g/mol. The Morgan fingerprint density at radius 3 is 2.65 bits per heavy atom. The van der Waals surface area contributed by atoms with Crippen LogP contribution >= 0.6 is 0 Å².